The van der Waals surface area contributed by atoms with E-state index in [0.29, 0.717) is 26.1 Å². The predicted octanol–water partition coefficient (Wildman–Crippen LogP) is -0.430. The van der Waals surface area contributed by atoms with Gasteiger partial charge in [-0.2, -0.15) is 17.0 Å². The lowest BCUT2D eigenvalue weighted by Gasteiger charge is -2.42. The molecule has 0 aromatic heterocycles. The Hall–Kier alpha value is -0.210. The second-order valence-electron chi connectivity index (χ2n) is 5.09. The van der Waals surface area contributed by atoms with Gasteiger partial charge < -0.3 is 5.11 Å². The third-order valence-electron chi connectivity index (χ3n) is 3.68. The van der Waals surface area contributed by atoms with Crippen molar-refractivity contribution in [2.45, 2.75) is 32.4 Å². The van der Waals surface area contributed by atoms with Crippen LogP contribution in [0.1, 0.15) is 20.3 Å². The highest BCUT2D eigenvalue weighted by molar-refractivity contribution is 7.86. The minimum Gasteiger partial charge on any atom is -0.396 e. The van der Waals surface area contributed by atoms with E-state index < -0.39 is 10.2 Å². The average Bonchev–Trinajstić information content (AvgIpc) is 2.32. The van der Waals surface area contributed by atoms with Gasteiger partial charge in [0.2, 0.25) is 0 Å². The number of hydrogen-bond acceptors (Lipinski definition) is 4. The zero-order valence-corrected chi connectivity index (χ0v) is 12.5. The van der Waals surface area contributed by atoms with Gasteiger partial charge in [-0.05, 0) is 27.3 Å². The molecule has 6 nitrogen and oxygen atoms in total. The van der Waals surface area contributed by atoms with Crippen LogP contribution in [0.15, 0.2) is 0 Å². The lowest BCUT2D eigenvalue weighted by Crippen LogP contribution is -2.58. The first-order chi connectivity index (χ1) is 8.30. The van der Waals surface area contributed by atoms with Crippen molar-refractivity contribution in [1.29, 1.82) is 0 Å². The van der Waals surface area contributed by atoms with E-state index in [1.54, 1.807) is 11.4 Å². The molecule has 0 radical (unpaired) electrons. The van der Waals surface area contributed by atoms with E-state index in [1.807, 2.05) is 20.9 Å². The second kappa shape index (κ2) is 6.29. The summed E-state index contributed by atoms with van der Waals surface area (Å²) >= 11 is 0. The van der Waals surface area contributed by atoms with Crippen molar-refractivity contribution in [3.63, 3.8) is 0 Å². The molecule has 18 heavy (non-hydrogen) atoms. The summed E-state index contributed by atoms with van der Waals surface area (Å²) in [6.45, 7) is 5.47. The van der Waals surface area contributed by atoms with Gasteiger partial charge in [-0.25, -0.2) is 0 Å². The highest BCUT2D eigenvalue weighted by Gasteiger charge is 2.35. The van der Waals surface area contributed by atoms with E-state index in [2.05, 4.69) is 4.90 Å². The third kappa shape index (κ3) is 3.42. The number of aliphatic hydroxyl groups is 1. The molecule has 1 saturated heterocycles. The Balaban J connectivity index is 2.73. The molecular weight excluding hydrogens is 254 g/mol. The number of likely N-dealkylation sites (N-methyl/N-ethyl adjacent to an activating group) is 1. The first-order valence-electron chi connectivity index (χ1n) is 6.35. The van der Waals surface area contributed by atoms with E-state index in [1.165, 1.54) is 4.31 Å². The molecule has 0 bridgehead atoms. The third-order valence-corrected chi connectivity index (χ3v) is 5.60. The molecule has 1 fully saturated rings. The molecule has 1 N–H and O–H groups in total. The molecule has 1 aliphatic heterocycles. The van der Waals surface area contributed by atoms with Crippen LogP contribution in [0.3, 0.4) is 0 Å². The second-order valence-corrected chi connectivity index (χ2v) is 7.12. The zero-order chi connectivity index (χ0) is 13.9. The summed E-state index contributed by atoms with van der Waals surface area (Å²) in [5, 5.41) is 8.77. The molecule has 1 aliphatic rings. The average molecular weight is 279 g/mol. The van der Waals surface area contributed by atoms with Crippen molar-refractivity contribution < 1.29 is 13.5 Å². The molecule has 0 aromatic carbocycles. The predicted molar refractivity (Wildman–Crippen MR) is 71.5 cm³/mol. The fraction of sp³-hybridized carbons (Fsp3) is 1.00. The Morgan fingerprint density at radius 1 is 1.28 bits per heavy atom. The number of aliphatic hydroxyl groups excluding tert-OH is 1. The fourth-order valence-electron chi connectivity index (χ4n) is 2.15. The van der Waals surface area contributed by atoms with Crippen LogP contribution in [0.25, 0.3) is 0 Å². The summed E-state index contributed by atoms with van der Waals surface area (Å²) in [6, 6.07) is 0.435. The van der Waals surface area contributed by atoms with Crippen LogP contribution in [0, 0.1) is 0 Å². The lowest BCUT2D eigenvalue weighted by molar-refractivity contribution is 0.101. The Kier molecular flexibility index (Phi) is 5.54. The number of hydrogen-bond donors (Lipinski definition) is 1. The molecule has 0 saturated carbocycles. The molecule has 1 heterocycles. The highest BCUT2D eigenvalue weighted by atomic mass is 32.2. The quantitative estimate of drug-likeness (QED) is 0.742. The minimum absolute atomic E-state index is 0.00933. The van der Waals surface area contributed by atoms with Gasteiger partial charge in [0.1, 0.15) is 0 Å². The fourth-order valence-corrected chi connectivity index (χ4v) is 3.71. The Morgan fingerprint density at radius 2 is 1.78 bits per heavy atom. The van der Waals surface area contributed by atoms with Gasteiger partial charge in [-0.3, -0.25) is 4.90 Å². The molecule has 0 aromatic rings. The molecule has 0 spiro atoms. The van der Waals surface area contributed by atoms with Crippen molar-refractivity contribution >= 4 is 10.2 Å². The van der Waals surface area contributed by atoms with E-state index in [0.717, 1.165) is 0 Å². The van der Waals surface area contributed by atoms with Crippen molar-refractivity contribution in [3.8, 4) is 0 Å². The summed E-state index contributed by atoms with van der Waals surface area (Å²) in [5.74, 6) is 0. The minimum atomic E-state index is -3.39. The standard InChI is InChI=1S/C11H25N3O3S/c1-10-8-14(9-11(2)13(10)4)18(16,17)12(3)6-5-7-15/h10-11,15H,5-9H2,1-4H3. The summed E-state index contributed by atoms with van der Waals surface area (Å²) in [7, 11) is 0.196. The molecule has 1 rings (SSSR count). The molecule has 2 atom stereocenters. The van der Waals surface area contributed by atoms with E-state index >= 15 is 0 Å². The van der Waals surface area contributed by atoms with Crippen LogP contribution in [-0.2, 0) is 10.2 Å². The zero-order valence-electron chi connectivity index (χ0n) is 11.7. The maximum Gasteiger partial charge on any atom is 0.281 e. The van der Waals surface area contributed by atoms with Gasteiger partial charge >= 0.3 is 0 Å². The smallest absolute Gasteiger partial charge is 0.281 e. The maximum atomic E-state index is 12.3. The van der Waals surface area contributed by atoms with Crippen LogP contribution in [0.4, 0.5) is 0 Å². The van der Waals surface area contributed by atoms with Gasteiger partial charge in [-0.15, -0.1) is 0 Å². The molecule has 0 aliphatic carbocycles. The Bertz CT molecular complexity index is 349. The molecule has 2 unspecified atom stereocenters. The number of piperazine rings is 1. The monoisotopic (exact) mass is 279 g/mol. The normalized spacial score (nSPS) is 27.9. The van der Waals surface area contributed by atoms with Crippen LogP contribution in [0.2, 0.25) is 0 Å². The van der Waals surface area contributed by atoms with Crippen molar-refractivity contribution in [2.75, 3.05) is 40.3 Å². The molecular formula is C11H25N3O3S. The Morgan fingerprint density at radius 3 is 2.22 bits per heavy atom. The van der Waals surface area contributed by atoms with Gasteiger partial charge in [0.05, 0.1) is 0 Å². The van der Waals surface area contributed by atoms with E-state index in [-0.39, 0.29) is 18.7 Å². The van der Waals surface area contributed by atoms with E-state index in [4.69, 9.17) is 5.11 Å². The topological polar surface area (TPSA) is 64.1 Å². The van der Waals surface area contributed by atoms with Gasteiger partial charge in [-0.1, -0.05) is 0 Å². The SMILES string of the molecule is CC1CN(S(=O)(=O)N(C)CCCO)CC(C)N1C. The van der Waals surface area contributed by atoms with Gasteiger partial charge in [0, 0.05) is 45.4 Å². The Labute approximate surface area is 110 Å². The lowest BCUT2D eigenvalue weighted by atomic mass is 10.1. The van der Waals surface area contributed by atoms with Crippen LogP contribution in [0.5, 0.6) is 0 Å². The van der Waals surface area contributed by atoms with Gasteiger partial charge in [0.15, 0.2) is 0 Å². The molecule has 7 heteroatoms. The van der Waals surface area contributed by atoms with Gasteiger partial charge in [0.25, 0.3) is 10.2 Å². The molecule has 0 amide bonds. The van der Waals surface area contributed by atoms with Crippen molar-refractivity contribution in [3.05, 3.63) is 0 Å². The van der Waals surface area contributed by atoms with Crippen LogP contribution < -0.4 is 0 Å². The summed E-state index contributed by atoms with van der Waals surface area (Å²) < 4.78 is 27.6. The van der Waals surface area contributed by atoms with Crippen LogP contribution in [-0.4, -0.2) is 79.5 Å². The van der Waals surface area contributed by atoms with E-state index in [9.17, 15) is 8.42 Å². The summed E-state index contributed by atoms with van der Waals surface area (Å²) in [5.41, 5.74) is 0. The maximum absolute atomic E-state index is 12.3. The van der Waals surface area contributed by atoms with Crippen molar-refractivity contribution in [2.24, 2.45) is 0 Å². The summed E-state index contributed by atoms with van der Waals surface area (Å²) in [4.78, 5) is 2.19. The largest absolute Gasteiger partial charge is 0.396 e. The first kappa shape index (κ1) is 15.8. The highest BCUT2D eigenvalue weighted by Crippen LogP contribution is 2.18. The molecule has 108 valence electrons. The van der Waals surface area contributed by atoms with Crippen molar-refractivity contribution in [1.82, 2.24) is 13.5 Å². The first-order valence-corrected chi connectivity index (χ1v) is 7.74. The number of nitrogens with zero attached hydrogens (tertiary/aromatic N) is 3. The number of rotatable bonds is 5. The van der Waals surface area contributed by atoms with Crippen LogP contribution >= 0.6 is 0 Å². The summed E-state index contributed by atoms with van der Waals surface area (Å²) in [6.07, 6.45) is 0.467.